The van der Waals surface area contributed by atoms with Crippen LogP contribution >= 0.6 is 0 Å². The van der Waals surface area contributed by atoms with Crippen LogP contribution in [0.4, 0.5) is 5.69 Å². The molecule has 0 saturated carbocycles. The highest BCUT2D eigenvalue weighted by molar-refractivity contribution is 7.89. The van der Waals surface area contributed by atoms with Crippen molar-refractivity contribution >= 4 is 21.6 Å². The van der Waals surface area contributed by atoms with E-state index in [2.05, 4.69) is 5.32 Å². The molecule has 1 aliphatic heterocycles. The Balaban J connectivity index is 1.94. The minimum absolute atomic E-state index is 0.0353. The smallest absolute Gasteiger partial charge is 0.255 e. The van der Waals surface area contributed by atoms with Gasteiger partial charge in [0.25, 0.3) is 5.91 Å². The first kappa shape index (κ1) is 18.2. The van der Waals surface area contributed by atoms with E-state index >= 15 is 0 Å². The van der Waals surface area contributed by atoms with Crippen molar-refractivity contribution in [3.05, 3.63) is 48.0 Å². The van der Waals surface area contributed by atoms with Crippen LogP contribution in [0, 0.1) is 0 Å². The molecule has 8 heteroatoms. The summed E-state index contributed by atoms with van der Waals surface area (Å²) in [7, 11) is -2.35. The van der Waals surface area contributed by atoms with Crippen LogP contribution < -0.4 is 10.1 Å². The van der Waals surface area contributed by atoms with Crippen molar-refractivity contribution in [3.8, 4) is 11.5 Å². The maximum absolute atomic E-state index is 12.9. The van der Waals surface area contributed by atoms with Crippen LogP contribution in [0.2, 0.25) is 0 Å². The highest BCUT2D eigenvalue weighted by atomic mass is 32.2. The van der Waals surface area contributed by atoms with Gasteiger partial charge in [-0.3, -0.25) is 4.79 Å². The lowest BCUT2D eigenvalue weighted by molar-refractivity contribution is 0.102. The van der Waals surface area contributed by atoms with Crippen LogP contribution in [-0.2, 0) is 10.0 Å². The van der Waals surface area contributed by atoms with E-state index < -0.39 is 15.9 Å². The Morgan fingerprint density at radius 3 is 2.50 bits per heavy atom. The van der Waals surface area contributed by atoms with Gasteiger partial charge in [0.2, 0.25) is 10.0 Å². The fourth-order valence-corrected chi connectivity index (χ4v) is 4.56. The third-order valence-corrected chi connectivity index (χ3v) is 6.18. The zero-order valence-electron chi connectivity index (χ0n) is 14.3. The van der Waals surface area contributed by atoms with Crippen LogP contribution in [0.5, 0.6) is 11.5 Å². The van der Waals surface area contributed by atoms with Crippen LogP contribution in [-0.4, -0.2) is 43.9 Å². The number of phenols is 1. The van der Waals surface area contributed by atoms with Crippen LogP contribution in [0.25, 0.3) is 0 Å². The molecule has 0 radical (unpaired) electrons. The maximum atomic E-state index is 12.9. The number of benzene rings is 2. The molecular formula is C18H20N2O5S. The molecule has 1 aliphatic rings. The second-order valence-corrected chi connectivity index (χ2v) is 7.85. The molecule has 2 N–H and O–H groups in total. The fraction of sp³-hybridized carbons (Fsp3) is 0.278. The summed E-state index contributed by atoms with van der Waals surface area (Å²) in [5.74, 6) is -0.401. The topological polar surface area (TPSA) is 95.9 Å². The molecule has 0 bridgehead atoms. The van der Waals surface area contributed by atoms with E-state index in [1.165, 1.54) is 35.7 Å². The van der Waals surface area contributed by atoms with Gasteiger partial charge in [-0.25, -0.2) is 8.42 Å². The second kappa shape index (κ2) is 7.35. The number of hydrogen-bond acceptors (Lipinski definition) is 5. The molecule has 2 aromatic carbocycles. The Labute approximate surface area is 152 Å². The third-order valence-electron chi connectivity index (χ3n) is 4.26. The molecule has 2 aromatic rings. The minimum atomic E-state index is -3.74. The van der Waals surface area contributed by atoms with Gasteiger partial charge >= 0.3 is 0 Å². The number of aromatic hydroxyl groups is 1. The van der Waals surface area contributed by atoms with E-state index in [0.29, 0.717) is 13.1 Å². The van der Waals surface area contributed by atoms with Gasteiger partial charge in [0, 0.05) is 18.7 Å². The first-order chi connectivity index (χ1) is 12.4. The summed E-state index contributed by atoms with van der Waals surface area (Å²) in [6.07, 6.45) is 1.63. The standard InChI is InChI=1S/C18H20N2O5S/c1-25-16-9-8-13(18(22)19-14-6-2-3-7-15(14)21)12-17(16)26(23,24)20-10-4-5-11-20/h2-3,6-9,12,21H,4-5,10-11H2,1H3,(H,19,22). The molecule has 7 nitrogen and oxygen atoms in total. The Hall–Kier alpha value is -2.58. The summed E-state index contributed by atoms with van der Waals surface area (Å²) in [6, 6.07) is 10.6. The first-order valence-electron chi connectivity index (χ1n) is 8.21. The second-order valence-electron chi connectivity index (χ2n) is 5.95. The Kier molecular flexibility index (Phi) is 5.15. The molecule has 1 saturated heterocycles. The lowest BCUT2D eigenvalue weighted by Gasteiger charge is -2.18. The normalized spacial score (nSPS) is 15.0. The number of nitrogens with zero attached hydrogens (tertiary/aromatic N) is 1. The molecule has 0 atom stereocenters. The summed E-state index contributed by atoms with van der Waals surface area (Å²) < 4.78 is 32.3. The zero-order chi connectivity index (χ0) is 18.7. The molecule has 0 spiro atoms. The van der Waals surface area contributed by atoms with Crippen molar-refractivity contribution in [3.63, 3.8) is 0 Å². The van der Waals surface area contributed by atoms with Gasteiger partial charge in [-0.2, -0.15) is 4.31 Å². The number of carbonyl (C=O) groups is 1. The number of nitrogens with one attached hydrogen (secondary N) is 1. The molecule has 26 heavy (non-hydrogen) atoms. The number of ether oxygens (including phenoxy) is 1. The number of amides is 1. The predicted molar refractivity (Wildman–Crippen MR) is 97.0 cm³/mol. The number of sulfonamides is 1. The molecule has 0 aromatic heterocycles. The Morgan fingerprint density at radius 2 is 1.85 bits per heavy atom. The van der Waals surface area contributed by atoms with E-state index in [1.54, 1.807) is 18.2 Å². The van der Waals surface area contributed by atoms with Crippen molar-refractivity contribution in [2.45, 2.75) is 17.7 Å². The maximum Gasteiger partial charge on any atom is 0.255 e. The van der Waals surface area contributed by atoms with Crippen molar-refractivity contribution in [1.82, 2.24) is 4.31 Å². The number of phenolic OH excluding ortho intramolecular Hbond substituents is 1. The fourth-order valence-electron chi connectivity index (χ4n) is 2.86. The van der Waals surface area contributed by atoms with E-state index in [9.17, 15) is 18.3 Å². The Bertz CT molecular complexity index is 921. The van der Waals surface area contributed by atoms with E-state index in [4.69, 9.17) is 4.74 Å². The van der Waals surface area contributed by atoms with Crippen molar-refractivity contribution in [2.24, 2.45) is 0 Å². The average Bonchev–Trinajstić information content (AvgIpc) is 3.18. The number of methoxy groups -OCH3 is 1. The van der Waals surface area contributed by atoms with Gasteiger partial charge in [-0.05, 0) is 43.2 Å². The zero-order valence-corrected chi connectivity index (χ0v) is 15.1. The predicted octanol–water partition coefficient (Wildman–Crippen LogP) is 2.44. The number of carbonyl (C=O) groups excluding carboxylic acids is 1. The Morgan fingerprint density at radius 1 is 1.15 bits per heavy atom. The minimum Gasteiger partial charge on any atom is -0.506 e. The van der Waals surface area contributed by atoms with Gasteiger partial charge in [-0.15, -0.1) is 0 Å². The number of rotatable bonds is 5. The average molecular weight is 376 g/mol. The van der Waals surface area contributed by atoms with Crippen LogP contribution in [0.1, 0.15) is 23.2 Å². The molecule has 3 rings (SSSR count). The monoisotopic (exact) mass is 376 g/mol. The SMILES string of the molecule is COc1ccc(C(=O)Nc2ccccc2O)cc1S(=O)(=O)N1CCCC1. The van der Waals surface area contributed by atoms with Crippen LogP contribution in [0.3, 0.4) is 0 Å². The largest absolute Gasteiger partial charge is 0.506 e. The van der Waals surface area contributed by atoms with E-state index in [0.717, 1.165) is 12.8 Å². The molecule has 1 heterocycles. The van der Waals surface area contributed by atoms with Crippen molar-refractivity contribution in [2.75, 3.05) is 25.5 Å². The molecule has 0 unspecified atom stereocenters. The molecule has 138 valence electrons. The third kappa shape index (κ3) is 3.51. The van der Waals surface area contributed by atoms with Gasteiger partial charge in [0.05, 0.1) is 12.8 Å². The van der Waals surface area contributed by atoms with Gasteiger partial charge < -0.3 is 15.2 Å². The van der Waals surface area contributed by atoms with E-state index in [-0.39, 0.29) is 27.6 Å². The highest BCUT2D eigenvalue weighted by Crippen LogP contribution is 2.30. The van der Waals surface area contributed by atoms with Gasteiger partial charge in [0.1, 0.15) is 16.4 Å². The van der Waals surface area contributed by atoms with Gasteiger partial charge in [0.15, 0.2) is 0 Å². The molecular weight excluding hydrogens is 356 g/mol. The van der Waals surface area contributed by atoms with Crippen molar-refractivity contribution in [1.29, 1.82) is 0 Å². The number of hydrogen-bond donors (Lipinski definition) is 2. The van der Waals surface area contributed by atoms with Crippen molar-refractivity contribution < 1.29 is 23.1 Å². The van der Waals surface area contributed by atoms with Gasteiger partial charge in [-0.1, -0.05) is 12.1 Å². The molecule has 1 fully saturated rings. The summed E-state index contributed by atoms with van der Waals surface area (Å²) in [6.45, 7) is 0.916. The highest BCUT2D eigenvalue weighted by Gasteiger charge is 2.30. The summed E-state index contributed by atoms with van der Waals surface area (Å²) in [5.41, 5.74) is 0.407. The summed E-state index contributed by atoms with van der Waals surface area (Å²) in [4.78, 5) is 12.5. The van der Waals surface area contributed by atoms with Crippen LogP contribution in [0.15, 0.2) is 47.4 Å². The quantitative estimate of drug-likeness (QED) is 0.782. The number of para-hydroxylation sites is 2. The lowest BCUT2D eigenvalue weighted by Crippen LogP contribution is -2.28. The summed E-state index contributed by atoms with van der Waals surface area (Å²) >= 11 is 0. The lowest BCUT2D eigenvalue weighted by atomic mass is 10.2. The number of anilines is 1. The molecule has 1 amide bonds. The molecule has 0 aliphatic carbocycles. The first-order valence-corrected chi connectivity index (χ1v) is 9.65. The van der Waals surface area contributed by atoms with E-state index in [1.807, 2.05) is 0 Å². The summed E-state index contributed by atoms with van der Waals surface area (Å²) in [5, 5.41) is 12.4.